The first-order chi connectivity index (χ1) is 11.1. The Morgan fingerprint density at radius 1 is 1.04 bits per heavy atom. The number of nitrogens with two attached hydrogens (primary N) is 1. The number of aromatic amines is 1. The van der Waals surface area contributed by atoms with Gasteiger partial charge in [-0.05, 0) is 23.8 Å². The van der Waals surface area contributed by atoms with E-state index in [1.165, 1.54) is 24.4 Å². The predicted octanol–water partition coefficient (Wildman–Crippen LogP) is 3.64. The zero-order valence-electron chi connectivity index (χ0n) is 11.9. The molecule has 9 heteroatoms. The van der Waals surface area contributed by atoms with Crippen molar-refractivity contribution in [3.63, 3.8) is 0 Å². The van der Waals surface area contributed by atoms with E-state index in [1.54, 1.807) is 0 Å². The molecule has 2 aromatic carbocycles. The van der Waals surface area contributed by atoms with E-state index >= 15 is 0 Å². The third-order valence-corrected chi connectivity index (χ3v) is 4.51. The van der Waals surface area contributed by atoms with Gasteiger partial charge in [-0.15, -0.1) is 0 Å². The first kappa shape index (κ1) is 16.5. The van der Waals surface area contributed by atoms with Crippen LogP contribution in [0.25, 0.3) is 22.0 Å². The van der Waals surface area contributed by atoms with Crippen LogP contribution in [0.15, 0.2) is 47.5 Å². The average Bonchev–Trinajstić information content (AvgIpc) is 2.89. The zero-order valence-corrected chi connectivity index (χ0v) is 12.7. The summed E-state index contributed by atoms with van der Waals surface area (Å²) in [6, 6.07) is 6.50. The summed E-state index contributed by atoms with van der Waals surface area (Å²) in [6.45, 7) is 0. The Morgan fingerprint density at radius 2 is 1.75 bits per heavy atom. The molecule has 126 valence electrons. The fourth-order valence-electron chi connectivity index (χ4n) is 2.43. The molecule has 0 saturated carbocycles. The Morgan fingerprint density at radius 3 is 2.33 bits per heavy atom. The molecule has 0 amide bonds. The van der Waals surface area contributed by atoms with E-state index in [4.69, 9.17) is 5.14 Å². The smallest absolute Gasteiger partial charge is 0.360 e. The van der Waals surface area contributed by atoms with E-state index in [2.05, 4.69) is 4.98 Å². The zero-order chi connectivity index (χ0) is 17.7. The maximum atomic E-state index is 14.0. The minimum Gasteiger partial charge on any atom is -0.360 e. The molecule has 3 rings (SSSR count). The Kier molecular flexibility index (Phi) is 3.65. The van der Waals surface area contributed by atoms with Gasteiger partial charge in [0, 0.05) is 22.7 Å². The molecule has 3 N–H and O–H groups in total. The molecule has 0 aliphatic carbocycles. The summed E-state index contributed by atoms with van der Waals surface area (Å²) in [6.07, 6.45) is -3.43. The number of fused-ring (bicyclic) bond motifs is 1. The van der Waals surface area contributed by atoms with Crippen LogP contribution in [0.1, 0.15) is 5.56 Å². The van der Waals surface area contributed by atoms with Crippen LogP contribution in [-0.4, -0.2) is 13.4 Å². The second kappa shape index (κ2) is 5.32. The number of nitrogens with one attached hydrogen (secondary N) is 1. The number of primary sulfonamides is 1. The Balaban J connectivity index is 2.11. The van der Waals surface area contributed by atoms with Gasteiger partial charge in [-0.25, -0.2) is 17.9 Å². The summed E-state index contributed by atoms with van der Waals surface area (Å²) in [5.41, 5.74) is -0.440. The monoisotopic (exact) mass is 358 g/mol. The van der Waals surface area contributed by atoms with Crippen LogP contribution >= 0.6 is 0 Å². The van der Waals surface area contributed by atoms with Gasteiger partial charge in [0.25, 0.3) is 0 Å². The largest absolute Gasteiger partial charge is 0.416 e. The minimum atomic E-state index is -4.63. The van der Waals surface area contributed by atoms with Crippen LogP contribution in [0.2, 0.25) is 0 Å². The molecule has 1 heterocycles. The molecule has 0 saturated heterocycles. The molecule has 0 radical (unpaired) electrons. The molecule has 4 nitrogen and oxygen atoms in total. The van der Waals surface area contributed by atoms with Gasteiger partial charge in [0.2, 0.25) is 10.0 Å². The number of aromatic nitrogens is 1. The lowest BCUT2D eigenvalue weighted by Gasteiger charge is -2.09. The summed E-state index contributed by atoms with van der Waals surface area (Å²) >= 11 is 0. The molecule has 0 fully saturated rings. The predicted molar refractivity (Wildman–Crippen MR) is 80.1 cm³/mol. The molecule has 0 unspecified atom stereocenters. The number of H-pyrrole nitrogens is 1. The molecule has 0 bridgehead atoms. The SMILES string of the molecule is NS(=O)(=O)c1c[nH]c2cc(-c3ccc(C(F)(F)F)cc3F)ccc12. The highest BCUT2D eigenvalue weighted by atomic mass is 32.2. The van der Waals surface area contributed by atoms with Crippen LogP contribution in [0.4, 0.5) is 17.6 Å². The van der Waals surface area contributed by atoms with Crippen molar-refractivity contribution in [2.75, 3.05) is 0 Å². The van der Waals surface area contributed by atoms with E-state index in [0.717, 1.165) is 12.1 Å². The molecule has 0 aliphatic rings. The van der Waals surface area contributed by atoms with Gasteiger partial charge in [0.15, 0.2) is 0 Å². The van der Waals surface area contributed by atoms with Gasteiger partial charge in [-0.3, -0.25) is 0 Å². The number of hydrogen-bond acceptors (Lipinski definition) is 2. The Bertz CT molecular complexity index is 1040. The van der Waals surface area contributed by atoms with Gasteiger partial charge >= 0.3 is 6.18 Å². The highest BCUT2D eigenvalue weighted by molar-refractivity contribution is 7.89. The maximum Gasteiger partial charge on any atom is 0.416 e. The van der Waals surface area contributed by atoms with Crippen molar-refractivity contribution >= 4 is 20.9 Å². The van der Waals surface area contributed by atoms with Crippen molar-refractivity contribution in [1.82, 2.24) is 4.98 Å². The lowest BCUT2D eigenvalue weighted by molar-refractivity contribution is -0.137. The lowest BCUT2D eigenvalue weighted by Crippen LogP contribution is -2.11. The van der Waals surface area contributed by atoms with Crippen LogP contribution in [0, 0.1) is 5.82 Å². The van der Waals surface area contributed by atoms with Crippen molar-refractivity contribution < 1.29 is 26.0 Å². The van der Waals surface area contributed by atoms with Crippen molar-refractivity contribution in [3.05, 3.63) is 54.0 Å². The standard InChI is InChI=1S/C15H10F4N2O2S/c16-12-6-9(15(17,18)19)2-4-10(12)8-1-3-11-13(5-8)21-7-14(11)24(20,22)23/h1-7,21H,(H2,20,22,23). The highest BCUT2D eigenvalue weighted by Gasteiger charge is 2.31. The van der Waals surface area contributed by atoms with Crippen LogP contribution in [0.3, 0.4) is 0 Å². The van der Waals surface area contributed by atoms with Crippen LogP contribution in [-0.2, 0) is 16.2 Å². The van der Waals surface area contributed by atoms with E-state index in [0.29, 0.717) is 22.5 Å². The number of halogens is 4. The van der Waals surface area contributed by atoms with Gasteiger partial charge in [0.05, 0.1) is 5.56 Å². The summed E-state index contributed by atoms with van der Waals surface area (Å²) in [5.74, 6) is -1.03. The molecule has 0 spiro atoms. The van der Waals surface area contributed by atoms with Crippen molar-refractivity contribution in [2.45, 2.75) is 11.1 Å². The number of hydrogen-bond donors (Lipinski definition) is 2. The second-order valence-corrected chi connectivity index (χ2v) is 6.68. The molecule has 3 aromatic rings. The maximum absolute atomic E-state index is 14.0. The summed E-state index contributed by atoms with van der Waals surface area (Å²) in [7, 11) is -3.92. The molecule has 0 atom stereocenters. The quantitative estimate of drug-likeness (QED) is 0.686. The van der Waals surface area contributed by atoms with Crippen molar-refractivity contribution in [3.8, 4) is 11.1 Å². The number of benzene rings is 2. The van der Waals surface area contributed by atoms with Crippen molar-refractivity contribution in [2.24, 2.45) is 5.14 Å². The average molecular weight is 358 g/mol. The van der Waals surface area contributed by atoms with Crippen LogP contribution in [0.5, 0.6) is 0 Å². The lowest BCUT2D eigenvalue weighted by atomic mass is 10.0. The summed E-state index contributed by atoms with van der Waals surface area (Å²) < 4.78 is 74.7. The molecular weight excluding hydrogens is 348 g/mol. The first-order valence-corrected chi connectivity index (χ1v) is 8.13. The minimum absolute atomic E-state index is 0.0309. The second-order valence-electron chi connectivity index (χ2n) is 5.15. The first-order valence-electron chi connectivity index (χ1n) is 6.58. The third kappa shape index (κ3) is 2.87. The van der Waals surface area contributed by atoms with Gasteiger partial charge in [-0.2, -0.15) is 13.2 Å². The van der Waals surface area contributed by atoms with Gasteiger partial charge in [0.1, 0.15) is 10.7 Å². The highest BCUT2D eigenvalue weighted by Crippen LogP contribution is 2.34. The third-order valence-electron chi connectivity index (χ3n) is 3.56. The van der Waals surface area contributed by atoms with Crippen molar-refractivity contribution in [1.29, 1.82) is 0 Å². The van der Waals surface area contributed by atoms with E-state index < -0.39 is 27.6 Å². The molecule has 0 aliphatic heterocycles. The Hall–Kier alpha value is -2.39. The molecule has 24 heavy (non-hydrogen) atoms. The Labute approximate surface area is 134 Å². The van der Waals surface area contributed by atoms with Gasteiger partial charge in [-0.1, -0.05) is 18.2 Å². The van der Waals surface area contributed by atoms with E-state index in [9.17, 15) is 26.0 Å². The van der Waals surface area contributed by atoms with Crippen LogP contribution < -0.4 is 5.14 Å². The van der Waals surface area contributed by atoms with Gasteiger partial charge < -0.3 is 4.98 Å². The molecule has 1 aromatic heterocycles. The van der Waals surface area contributed by atoms with E-state index in [-0.39, 0.29) is 10.5 Å². The molecular formula is C15H10F4N2O2S. The topological polar surface area (TPSA) is 76.0 Å². The summed E-state index contributed by atoms with van der Waals surface area (Å²) in [5, 5.41) is 5.40. The normalized spacial score (nSPS) is 12.7. The number of alkyl halides is 3. The fourth-order valence-corrected chi connectivity index (χ4v) is 3.14. The summed E-state index contributed by atoms with van der Waals surface area (Å²) in [4.78, 5) is 2.58. The number of rotatable bonds is 2. The van der Waals surface area contributed by atoms with E-state index in [1.807, 2.05) is 0 Å². The number of sulfonamides is 1. The fraction of sp³-hybridized carbons (Fsp3) is 0.0667.